The molecule has 0 saturated carbocycles. The minimum atomic E-state index is -0.885. The Bertz CT molecular complexity index is 634. The summed E-state index contributed by atoms with van der Waals surface area (Å²) in [7, 11) is 0. The molecule has 1 aromatic carbocycles. The van der Waals surface area contributed by atoms with E-state index in [1.807, 2.05) is 31.2 Å². The molecule has 0 saturated heterocycles. The van der Waals surface area contributed by atoms with Crippen molar-refractivity contribution < 1.29 is 9.90 Å². The first-order valence-corrected chi connectivity index (χ1v) is 7.85. The van der Waals surface area contributed by atoms with Crippen LogP contribution in [0.2, 0.25) is 0 Å². The smallest absolute Gasteiger partial charge is 0.307 e. The van der Waals surface area contributed by atoms with E-state index >= 15 is 0 Å². The maximum atomic E-state index is 10.5. The molecule has 0 radical (unpaired) electrons. The molecule has 0 heterocycles. The predicted molar refractivity (Wildman–Crippen MR) is 98.5 cm³/mol. The minimum Gasteiger partial charge on any atom is -0.481 e. The van der Waals surface area contributed by atoms with Crippen molar-refractivity contribution in [1.82, 2.24) is 0 Å². The Kier molecular flexibility index (Phi) is 7.83. The molecule has 0 atom stereocenters. The van der Waals surface area contributed by atoms with Gasteiger partial charge >= 0.3 is 5.97 Å². The van der Waals surface area contributed by atoms with Crippen LogP contribution in [0.3, 0.4) is 0 Å². The van der Waals surface area contributed by atoms with Crippen molar-refractivity contribution in [2.75, 3.05) is 11.6 Å². The number of anilines is 1. The van der Waals surface area contributed by atoms with E-state index in [2.05, 4.69) is 27.6 Å². The molecule has 0 spiro atoms. The number of carboxylic acids is 1. The van der Waals surface area contributed by atoms with Gasteiger partial charge in [-0.25, -0.2) is 0 Å². The monoisotopic (exact) mass is 377 g/mol. The Morgan fingerprint density at radius 2 is 2.09 bits per heavy atom. The van der Waals surface area contributed by atoms with Crippen LogP contribution in [0.15, 0.2) is 70.3 Å². The number of carbonyl (C=O) groups is 1. The van der Waals surface area contributed by atoms with Crippen LogP contribution < -0.4 is 10.7 Å². The van der Waals surface area contributed by atoms with Crippen molar-refractivity contribution in [3.63, 3.8) is 0 Å². The second kappa shape index (κ2) is 9.63. The molecule has 0 aliphatic rings. The third-order valence-corrected chi connectivity index (χ3v) is 3.40. The number of allylic oxidation sites excluding steroid dienone is 2. The number of nitrogens with two attached hydrogens (primary N) is 1. The molecule has 5 nitrogen and oxygen atoms in total. The van der Waals surface area contributed by atoms with E-state index in [-0.39, 0.29) is 6.42 Å². The number of hydrogen-bond acceptors (Lipinski definition) is 3. The molecule has 0 bridgehead atoms. The topological polar surface area (TPSA) is 78.9 Å². The van der Waals surface area contributed by atoms with E-state index in [0.29, 0.717) is 18.0 Å². The van der Waals surface area contributed by atoms with Crippen LogP contribution in [-0.2, 0) is 4.79 Å². The van der Waals surface area contributed by atoms with Crippen LogP contribution in [0.5, 0.6) is 0 Å². The predicted octanol–water partition coefficient (Wildman–Crippen LogP) is 3.69. The fraction of sp³-hybridized carbons (Fsp3) is 0.176. The second-order valence-electron chi connectivity index (χ2n) is 4.53. The highest BCUT2D eigenvalue weighted by molar-refractivity contribution is 9.10. The van der Waals surface area contributed by atoms with E-state index in [1.165, 1.54) is 6.08 Å². The van der Waals surface area contributed by atoms with Crippen molar-refractivity contribution >= 4 is 33.4 Å². The number of halogens is 1. The van der Waals surface area contributed by atoms with Gasteiger partial charge in [-0.15, -0.1) is 0 Å². The molecule has 0 unspecified atom stereocenters. The van der Waals surface area contributed by atoms with Gasteiger partial charge in [0.05, 0.1) is 12.1 Å². The highest BCUT2D eigenvalue weighted by Gasteiger charge is 2.05. The third kappa shape index (κ3) is 6.52. The molecule has 0 fully saturated rings. The number of rotatable bonds is 8. The van der Waals surface area contributed by atoms with E-state index < -0.39 is 5.97 Å². The van der Waals surface area contributed by atoms with Crippen LogP contribution in [-0.4, -0.2) is 23.5 Å². The van der Waals surface area contributed by atoms with Crippen molar-refractivity contribution in [3.8, 4) is 0 Å². The van der Waals surface area contributed by atoms with Crippen LogP contribution in [0.4, 0.5) is 5.69 Å². The lowest BCUT2D eigenvalue weighted by Crippen LogP contribution is -2.23. The van der Waals surface area contributed by atoms with Crippen LogP contribution in [0.25, 0.3) is 0 Å². The zero-order chi connectivity index (χ0) is 17.2. The van der Waals surface area contributed by atoms with Gasteiger partial charge in [-0.3, -0.25) is 9.80 Å². The van der Waals surface area contributed by atoms with Gasteiger partial charge in [0, 0.05) is 16.6 Å². The summed E-state index contributed by atoms with van der Waals surface area (Å²) < 4.78 is 0.990. The first kappa shape index (κ1) is 18.7. The fourth-order valence-electron chi connectivity index (χ4n) is 1.71. The summed E-state index contributed by atoms with van der Waals surface area (Å²) >= 11 is 3.40. The van der Waals surface area contributed by atoms with Gasteiger partial charge in [0.2, 0.25) is 0 Å². The normalized spacial score (nSPS) is 12.4. The van der Waals surface area contributed by atoms with E-state index in [9.17, 15) is 4.79 Å². The molecular weight excluding hydrogens is 358 g/mol. The van der Waals surface area contributed by atoms with Crippen molar-refractivity contribution in [1.29, 1.82) is 0 Å². The average Bonchev–Trinajstić information content (AvgIpc) is 2.53. The fourth-order valence-corrected chi connectivity index (χ4v) is 1.97. The molecule has 23 heavy (non-hydrogen) atoms. The second-order valence-corrected chi connectivity index (χ2v) is 5.45. The summed E-state index contributed by atoms with van der Waals surface area (Å²) in [5, 5.41) is 14.8. The Morgan fingerprint density at radius 1 is 1.43 bits per heavy atom. The molecule has 122 valence electrons. The SMILES string of the molecule is C=CC(=C\C=C/CC(=O)O)/C(N)=N/N(CC)c1ccc(Br)cc1. The number of benzene rings is 1. The standard InChI is InChI=1S/C17H20BrN3O2/c1-3-13(7-5-6-8-16(22)23)17(19)20-21(4-2)15-11-9-14(18)10-12-15/h3,5-7,9-12H,1,4,8H2,2H3,(H2,19,20)(H,22,23)/b6-5-,13-7+. The van der Waals surface area contributed by atoms with Crippen molar-refractivity contribution in [2.45, 2.75) is 13.3 Å². The number of hydrogen-bond donors (Lipinski definition) is 2. The highest BCUT2D eigenvalue weighted by atomic mass is 79.9. The number of nitrogens with zero attached hydrogens (tertiary/aromatic N) is 2. The van der Waals surface area contributed by atoms with Gasteiger partial charge in [0.1, 0.15) is 0 Å². The minimum absolute atomic E-state index is 0.0437. The van der Waals surface area contributed by atoms with Crippen LogP contribution >= 0.6 is 15.9 Å². The Morgan fingerprint density at radius 3 is 2.61 bits per heavy atom. The summed E-state index contributed by atoms with van der Waals surface area (Å²) in [6.07, 6.45) is 6.39. The van der Waals surface area contributed by atoms with E-state index in [4.69, 9.17) is 10.8 Å². The molecule has 0 amide bonds. The first-order valence-electron chi connectivity index (χ1n) is 7.06. The number of aliphatic carboxylic acids is 1. The van der Waals surface area contributed by atoms with Crippen LogP contribution in [0.1, 0.15) is 13.3 Å². The zero-order valence-electron chi connectivity index (χ0n) is 12.9. The van der Waals surface area contributed by atoms with Crippen molar-refractivity contribution in [3.05, 3.63) is 65.2 Å². The number of hydrazone groups is 1. The maximum absolute atomic E-state index is 10.5. The molecular formula is C17H20BrN3O2. The third-order valence-electron chi connectivity index (χ3n) is 2.87. The Hall–Kier alpha value is -2.34. The largest absolute Gasteiger partial charge is 0.481 e. The summed E-state index contributed by atoms with van der Waals surface area (Å²) in [4.78, 5) is 10.5. The van der Waals surface area contributed by atoms with Gasteiger partial charge in [-0.05, 0) is 31.2 Å². The van der Waals surface area contributed by atoms with E-state index in [1.54, 1.807) is 23.2 Å². The van der Waals surface area contributed by atoms with Crippen molar-refractivity contribution in [2.24, 2.45) is 10.8 Å². The molecule has 6 heteroatoms. The van der Waals surface area contributed by atoms with Crippen LogP contribution in [0, 0.1) is 0 Å². The summed E-state index contributed by atoms with van der Waals surface area (Å²) in [5.74, 6) is -0.575. The lowest BCUT2D eigenvalue weighted by Gasteiger charge is -2.18. The molecule has 0 aliphatic carbocycles. The van der Waals surface area contributed by atoms with Gasteiger partial charge in [-0.1, -0.05) is 46.8 Å². The Balaban J connectivity index is 2.94. The summed E-state index contributed by atoms with van der Waals surface area (Å²) in [6.45, 7) is 6.34. The Labute approximate surface area is 144 Å². The lowest BCUT2D eigenvalue weighted by atomic mass is 10.2. The highest BCUT2D eigenvalue weighted by Crippen LogP contribution is 2.18. The lowest BCUT2D eigenvalue weighted by molar-refractivity contribution is -0.136. The maximum Gasteiger partial charge on any atom is 0.307 e. The molecule has 0 aromatic heterocycles. The van der Waals surface area contributed by atoms with Gasteiger partial charge in [0.25, 0.3) is 0 Å². The number of carboxylic acid groups (broad SMARTS) is 1. The summed E-state index contributed by atoms with van der Waals surface area (Å²) in [5.41, 5.74) is 7.57. The molecule has 1 aromatic rings. The van der Waals surface area contributed by atoms with Gasteiger partial charge in [0.15, 0.2) is 5.84 Å². The van der Waals surface area contributed by atoms with Gasteiger partial charge < -0.3 is 10.8 Å². The van der Waals surface area contributed by atoms with E-state index in [0.717, 1.165) is 10.2 Å². The molecule has 0 aliphatic heterocycles. The average molecular weight is 378 g/mol. The summed E-state index contributed by atoms with van der Waals surface area (Å²) in [6, 6.07) is 7.74. The quantitative estimate of drug-likeness (QED) is 0.313. The molecule has 3 N–H and O–H groups in total. The van der Waals surface area contributed by atoms with Gasteiger partial charge in [-0.2, -0.15) is 5.10 Å². The first-order chi connectivity index (χ1) is 11.0. The zero-order valence-corrected chi connectivity index (χ0v) is 14.5. The number of amidine groups is 1. The molecule has 1 rings (SSSR count).